The molecule has 1 aromatic carbocycles. The molecule has 3 rings (SSSR count). The van der Waals surface area contributed by atoms with Gasteiger partial charge in [0, 0.05) is 9.75 Å². The van der Waals surface area contributed by atoms with E-state index in [1.807, 2.05) is 17.4 Å². The Morgan fingerprint density at radius 1 is 1.10 bits per heavy atom. The molecule has 1 atom stereocenters. The second kappa shape index (κ2) is 5.71. The normalized spacial score (nSPS) is 16.6. The Balaban J connectivity index is 1.94. The average Bonchev–Trinajstić information content (AvgIpc) is 2.72. The van der Waals surface area contributed by atoms with Crippen molar-refractivity contribution in [2.75, 3.05) is 0 Å². The van der Waals surface area contributed by atoms with Gasteiger partial charge in [-0.1, -0.05) is 24.6 Å². The average molecular weight is 286 g/mol. The molecule has 0 radical (unpaired) electrons. The first-order chi connectivity index (χ1) is 9.66. The van der Waals surface area contributed by atoms with Crippen molar-refractivity contribution >= 4 is 11.3 Å². The van der Waals surface area contributed by atoms with Crippen LogP contribution < -0.4 is 0 Å². The van der Waals surface area contributed by atoms with Gasteiger partial charge in [0.05, 0.1) is 0 Å². The molecule has 1 nitrogen and oxygen atoms in total. The van der Waals surface area contributed by atoms with E-state index in [0.29, 0.717) is 0 Å². The minimum absolute atomic E-state index is 0.466. The summed E-state index contributed by atoms with van der Waals surface area (Å²) in [4.78, 5) is 2.62. The third-order valence-electron chi connectivity index (χ3n) is 4.48. The molecule has 1 aliphatic carbocycles. The number of aryl methyl sites for hydroxylation is 3. The van der Waals surface area contributed by atoms with E-state index >= 15 is 0 Å². The lowest BCUT2D eigenvalue weighted by Gasteiger charge is -2.14. The first-order valence-corrected chi connectivity index (χ1v) is 8.34. The Bertz CT molecular complexity index is 588. The first kappa shape index (κ1) is 13.8. The monoisotopic (exact) mass is 286 g/mol. The second-order valence-corrected chi connectivity index (χ2v) is 7.02. The fraction of sp³-hybridized carbons (Fsp3) is 0.444. The summed E-state index contributed by atoms with van der Waals surface area (Å²) >= 11 is 1.82. The summed E-state index contributed by atoms with van der Waals surface area (Å²) in [6.45, 7) is 4.21. The zero-order chi connectivity index (χ0) is 14.1. The molecule has 106 valence electrons. The maximum absolute atomic E-state index is 10.7. The lowest BCUT2D eigenvalue weighted by atomic mass is 9.98. The van der Waals surface area contributed by atoms with Crippen LogP contribution >= 0.6 is 11.3 Å². The summed E-state index contributed by atoms with van der Waals surface area (Å²) in [6, 6.07) is 8.45. The number of hydrogen-bond donors (Lipinski definition) is 1. The Morgan fingerprint density at radius 3 is 2.75 bits per heavy atom. The van der Waals surface area contributed by atoms with E-state index in [0.717, 1.165) is 10.4 Å². The maximum atomic E-state index is 10.7. The lowest BCUT2D eigenvalue weighted by molar-refractivity contribution is 0.223. The van der Waals surface area contributed by atoms with Crippen LogP contribution in [-0.4, -0.2) is 5.11 Å². The molecule has 1 N–H and O–H groups in total. The number of hydrogen-bond acceptors (Lipinski definition) is 2. The summed E-state index contributed by atoms with van der Waals surface area (Å²) in [7, 11) is 0. The number of thiophene rings is 1. The van der Waals surface area contributed by atoms with Crippen LogP contribution in [0.25, 0.3) is 0 Å². The van der Waals surface area contributed by atoms with Crippen molar-refractivity contribution in [2.45, 2.75) is 52.1 Å². The van der Waals surface area contributed by atoms with Crippen LogP contribution in [0.5, 0.6) is 0 Å². The van der Waals surface area contributed by atoms with Crippen molar-refractivity contribution in [3.8, 4) is 0 Å². The van der Waals surface area contributed by atoms with Crippen molar-refractivity contribution in [3.05, 3.63) is 56.3 Å². The molecular formula is C18H22OS. The Hall–Kier alpha value is -1.12. The number of aliphatic hydroxyl groups is 1. The Kier molecular flexibility index (Phi) is 3.95. The standard InChI is InChI=1S/C18H22OS/c1-12-7-6-9-15(13(12)2)18(19)17-11-14-8-4-3-5-10-16(14)20-17/h6-7,9,11,18-19H,3-5,8,10H2,1-2H3. The molecule has 0 saturated heterocycles. The zero-order valence-corrected chi connectivity index (χ0v) is 13.1. The third-order valence-corrected chi connectivity index (χ3v) is 5.77. The van der Waals surface area contributed by atoms with Gasteiger partial charge in [0.25, 0.3) is 0 Å². The van der Waals surface area contributed by atoms with E-state index in [1.165, 1.54) is 53.7 Å². The van der Waals surface area contributed by atoms with Crippen LogP contribution in [0.4, 0.5) is 0 Å². The predicted octanol–water partition coefficient (Wildman–Crippen LogP) is 4.72. The minimum atomic E-state index is -0.466. The van der Waals surface area contributed by atoms with E-state index in [2.05, 4.69) is 32.0 Å². The fourth-order valence-corrected chi connectivity index (χ4v) is 4.31. The highest BCUT2D eigenvalue weighted by Gasteiger charge is 2.19. The summed E-state index contributed by atoms with van der Waals surface area (Å²) in [5.41, 5.74) is 5.00. The van der Waals surface area contributed by atoms with E-state index in [4.69, 9.17) is 0 Å². The SMILES string of the molecule is Cc1cccc(C(O)c2cc3c(s2)CCCCC3)c1C. The Labute approximate surface area is 125 Å². The van der Waals surface area contributed by atoms with Crippen molar-refractivity contribution in [1.29, 1.82) is 0 Å². The van der Waals surface area contributed by atoms with Gasteiger partial charge in [0.2, 0.25) is 0 Å². The molecule has 0 fully saturated rings. The van der Waals surface area contributed by atoms with Gasteiger partial charge in [-0.3, -0.25) is 0 Å². The van der Waals surface area contributed by atoms with Crippen LogP contribution in [0.1, 0.15) is 57.4 Å². The van der Waals surface area contributed by atoms with Gasteiger partial charge >= 0.3 is 0 Å². The molecule has 1 aromatic heterocycles. The van der Waals surface area contributed by atoms with Gasteiger partial charge in [-0.2, -0.15) is 0 Å². The van der Waals surface area contributed by atoms with Crippen molar-refractivity contribution in [2.24, 2.45) is 0 Å². The number of rotatable bonds is 2. The van der Waals surface area contributed by atoms with Gasteiger partial charge in [-0.05, 0) is 67.9 Å². The van der Waals surface area contributed by atoms with Gasteiger partial charge in [0.15, 0.2) is 0 Å². The molecule has 1 aliphatic rings. The van der Waals surface area contributed by atoms with E-state index < -0.39 is 6.10 Å². The molecule has 0 bridgehead atoms. The van der Waals surface area contributed by atoms with Gasteiger partial charge in [-0.25, -0.2) is 0 Å². The smallest absolute Gasteiger partial charge is 0.113 e. The number of aliphatic hydroxyl groups excluding tert-OH is 1. The van der Waals surface area contributed by atoms with Crippen LogP contribution in [0.3, 0.4) is 0 Å². The molecular weight excluding hydrogens is 264 g/mol. The van der Waals surface area contributed by atoms with Crippen LogP contribution in [0.15, 0.2) is 24.3 Å². The minimum Gasteiger partial charge on any atom is -0.383 e. The van der Waals surface area contributed by atoms with Gasteiger partial charge in [0.1, 0.15) is 6.10 Å². The summed E-state index contributed by atoms with van der Waals surface area (Å²) < 4.78 is 0. The highest BCUT2D eigenvalue weighted by atomic mass is 32.1. The third kappa shape index (κ3) is 2.55. The number of benzene rings is 1. The molecule has 0 saturated carbocycles. The largest absolute Gasteiger partial charge is 0.383 e. The Morgan fingerprint density at radius 2 is 1.90 bits per heavy atom. The summed E-state index contributed by atoms with van der Waals surface area (Å²) in [6.07, 6.45) is 5.85. The molecule has 0 amide bonds. The summed E-state index contributed by atoms with van der Waals surface area (Å²) in [5.74, 6) is 0. The highest BCUT2D eigenvalue weighted by Crippen LogP contribution is 2.35. The first-order valence-electron chi connectivity index (χ1n) is 7.52. The second-order valence-electron chi connectivity index (χ2n) is 5.85. The van der Waals surface area contributed by atoms with Crippen LogP contribution in [-0.2, 0) is 12.8 Å². The van der Waals surface area contributed by atoms with Crippen molar-refractivity contribution in [3.63, 3.8) is 0 Å². The van der Waals surface area contributed by atoms with E-state index in [1.54, 1.807) is 0 Å². The molecule has 20 heavy (non-hydrogen) atoms. The summed E-state index contributed by atoms with van der Waals surface area (Å²) in [5, 5.41) is 10.7. The molecule has 1 heterocycles. The van der Waals surface area contributed by atoms with E-state index in [9.17, 15) is 5.11 Å². The molecule has 2 aromatic rings. The van der Waals surface area contributed by atoms with Gasteiger partial charge < -0.3 is 5.11 Å². The van der Waals surface area contributed by atoms with Crippen molar-refractivity contribution in [1.82, 2.24) is 0 Å². The van der Waals surface area contributed by atoms with Crippen LogP contribution in [0.2, 0.25) is 0 Å². The zero-order valence-electron chi connectivity index (χ0n) is 12.3. The molecule has 1 unspecified atom stereocenters. The predicted molar refractivity (Wildman–Crippen MR) is 85.6 cm³/mol. The molecule has 0 spiro atoms. The molecule has 2 heteroatoms. The lowest BCUT2D eigenvalue weighted by Crippen LogP contribution is -2.01. The number of fused-ring (bicyclic) bond motifs is 1. The maximum Gasteiger partial charge on any atom is 0.113 e. The topological polar surface area (TPSA) is 20.2 Å². The van der Waals surface area contributed by atoms with Gasteiger partial charge in [-0.15, -0.1) is 11.3 Å². The van der Waals surface area contributed by atoms with Crippen LogP contribution in [0, 0.1) is 13.8 Å². The van der Waals surface area contributed by atoms with E-state index in [-0.39, 0.29) is 0 Å². The highest BCUT2D eigenvalue weighted by molar-refractivity contribution is 7.12. The quantitative estimate of drug-likeness (QED) is 0.792. The fourth-order valence-electron chi connectivity index (χ4n) is 3.05. The van der Waals surface area contributed by atoms with Crippen molar-refractivity contribution < 1.29 is 5.11 Å². The molecule has 0 aliphatic heterocycles.